The molecule has 1 N–H and O–H groups in total. The number of nitrogens with one attached hydrogen (secondary N) is 1. The SMILES string of the molecule is CCC(Br)C#CC1(C(F)(F)F)OC(=O)Nc2ccc(Cl)cc21. The molecule has 0 spiro atoms. The first-order chi connectivity index (χ1) is 10.2. The second kappa shape index (κ2) is 6.01. The van der Waals surface area contributed by atoms with Crippen LogP contribution in [0.1, 0.15) is 18.9 Å². The van der Waals surface area contributed by atoms with Crippen molar-refractivity contribution in [2.24, 2.45) is 0 Å². The standard InChI is InChI=1S/C14H10BrClF3NO2/c1-2-8(15)5-6-13(14(17,18)19)10-7-9(16)3-4-11(10)20-12(21)22-13/h3-4,7-8H,2H2,1H3,(H,20,21). The zero-order valence-electron chi connectivity index (χ0n) is 11.2. The summed E-state index contributed by atoms with van der Waals surface area (Å²) in [6.07, 6.45) is -5.64. The van der Waals surface area contributed by atoms with Crippen LogP contribution in [0.4, 0.5) is 23.7 Å². The van der Waals surface area contributed by atoms with E-state index in [1.807, 2.05) is 0 Å². The van der Waals surface area contributed by atoms with Crippen LogP contribution in [0.25, 0.3) is 0 Å². The molecule has 0 saturated heterocycles. The highest BCUT2D eigenvalue weighted by atomic mass is 79.9. The van der Waals surface area contributed by atoms with Gasteiger partial charge in [0, 0.05) is 10.6 Å². The summed E-state index contributed by atoms with van der Waals surface area (Å²) in [6.45, 7) is 1.76. The zero-order chi connectivity index (χ0) is 16.5. The van der Waals surface area contributed by atoms with Crippen LogP contribution in [0, 0.1) is 11.8 Å². The van der Waals surface area contributed by atoms with Gasteiger partial charge in [0.15, 0.2) is 0 Å². The maximum absolute atomic E-state index is 13.7. The molecule has 2 rings (SSSR count). The van der Waals surface area contributed by atoms with Crippen LogP contribution in [-0.2, 0) is 10.3 Å². The number of hydrogen-bond donors (Lipinski definition) is 1. The van der Waals surface area contributed by atoms with Gasteiger partial charge in [-0.15, -0.1) is 0 Å². The largest absolute Gasteiger partial charge is 0.445 e. The van der Waals surface area contributed by atoms with Gasteiger partial charge in [-0.3, -0.25) is 5.32 Å². The van der Waals surface area contributed by atoms with Crippen molar-refractivity contribution in [3.05, 3.63) is 28.8 Å². The smallest absolute Gasteiger partial charge is 0.415 e. The third-order valence-corrected chi connectivity index (χ3v) is 4.12. The molecule has 8 heteroatoms. The lowest BCUT2D eigenvalue weighted by Gasteiger charge is -2.35. The minimum Gasteiger partial charge on any atom is -0.415 e. The van der Waals surface area contributed by atoms with Crippen LogP contribution in [0.5, 0.6) is 0 Å². The Morgan fingerprint density at radius 2 is 2.18 bits per heavy atom. The number of carbonyl (C=O) groups excluding carboxylic acids is 1. The summed E-state index contributed by atoms with van der Waals surface area (Å²) in [6, 6.07) is 3.75. The molecule has 1 aromatic rings. The van der Waals surface area contributed by atoms with Gasteiger partial charge >= 0.3 is 12.3 Å². The zero-order valence-corrected chi connectivity index (χ0v) is 13.6. The topological polar surface area (TPSA) is 38.3 Å². The van der Waals surface area contributed by atoms with Crippen molar-refractivity contribution in [1.29, 1.82) is 0 Å². The van der Waals surface area contributed by atoms with Gasteiger partial charge in [-0.2, -0.15) is 13.2 Å². The molecule has 118 valence electrons. The van der Waals surface area contributed by atoms with E-state index in [0.717, 1.165) is 6.07 Å². The third-order valence-electron chi connectivity index (χ3n) is 3.01. The Bertz CT molecular complexity index is 668. The number of rotatable bonds is 1. The van der Waals surface area contributed by atoms with Crippen molar-refractivity contribution in [3.8, 4) is 11.8 Å². The first-order valence-electron chi connectivity index (χ1n) is 6.23. The molecule has 1 amide bonds. The lowest BCUT2D eigenvalue weighted by Crippen LogP contribution is -2.49. The average Bonchev–Trinajstić information content (AvgIpc) is 2.43. The second-order valence-corrected chi connectivity index (χ2v) is 6.07. The number of halogens is 5. The average molecular weight is 397 g/mol. The maximum Gasteiger partial charge on any atom is 0.445 e. The van der Waals surface area contributed by atoms with Gasteiger partial charge in [-0.1, -0.05) is 40.4 Å². The van der Waals surface area contributed by atoms with Crippen LogP contribution in [0.3, 0.4) is 0 Å². The van der Waals surface area contributed by atoms with Gasteiger partial charge in [0.25, 0.3) is 5.60 Å². The van der Waals surface area contributed by atoms with E-state index in [1.54, 1.807) is 6.92 Å². The number of fused-ring (bicyclic) bond motifs is 1. The molecule has 1 aliphatic rings. The first-order valence-corrected chi connectivity index (χ1v) is 7.52. The van der Waals surface area contributed by atoms with Gasteiger partial charge in [0.2, 0.25) is 0 Å². The Morgan fingerprint density at radius 1 is 1.50 bits per heavy atom. The molecular formula is C14H10BrClF3NO2. The van der Waals surface area contributed by atoms with E-state index in [4.69, 9.17) is 11.6 Å². The monoisotopic (exact) mass is 395 g/mol. The summed E-state index contributed by atoms with van der Waals surface area (Å²) in [5.74, 6) is 4.50. The Morgan fingerprint density at radius 3 is 2.77 bits per heavy atom. The summed E-state index contributed by atoms with van der Waals surface area (Å²) in [5, 5.41) is 2.30. The molecule has 0 bridgehead atoms. The van der Waals surface area contributed by atoms with Crippen molar-refractivity contribution in [1.82, 2.24) is 0 Å². The summed E-state index contributed by atoms with van der Waals surface area (Å²) < 4.78 is 45.6. The van der Waals surface area contributed by atoms with Crippen LogP contribution in [-0.4, -0.2) is 17.1 Å². The highest BCUT2D eigenvalue weighted by molar-refractivity contribution is 9.09. The molecule has 0 radical (unpaired) electrons. The van der Waals surface area contributed by atoms with Crippen molar-refractivity contribution < 1.29 is 22.7 Å². The van der Waals surface area contributed by atoms with Crippen LogP contribution >= 0.6 is 27.5 Å². The lowest BCUT2D eigenvalue weighted by molar-refractivity contribution is -0.239. The van der Waals surface area contributed by atoms with E-state index < -0.39 is 22.7 Å². The minimum absolute atomic E-state index is 0.0325. The number of benzene rings is 1. The molecule has 2 unspecified atom stereocenters. The number of anilines is 1. The van der Waals surface area contributed by atoms with E-state index in [-0.39, 0.29) is 16.3 Å². The molecule has 0 fully saturated rings. The highest BCUT2D eigenvalue weighted by Gasteiger charge is 2.62. The van der Waals surface area contributed by atoms with Gasteiger partial charge in [0.1, 0.15) is 0 Å². The van der Waals surface area contributed by atoms with Crippen molar-refractivity contribution in [2.75, 3.05) is 5.32 Å². The molecule has 2 atom stereocenters. The minimum atomic E-state index is -4.92. The second-order valence-electron chi connectivity index (χ2n) is 4.53. The first kappa shape index (κ1) is 17.0. The Kier molecular flexibility index (Phi) is 4.64. The Hall–Kier alpha value is -1.39. The number of carbonyl (C=O) groups is 1. The summed E-state index contributed by atoms with van der Waals surface area (Å²) in [4.78, 5) is 11.1. The van der Waals surface area contributed by atoms with Crippen molar-refractivity contribution in [3.63, 3.8) is 0 Å². The van der Waals surface area contributed by atoms with E-state index in [9.17, 15) is 18.0 Å². The summed E-state index contributed by atoms with van der Waals surface area (Å²) in [7, 11) is 0. The fourth-order valence-electron chi connectivity index (χ4n) is 1.90. The lowest BCUT2D eigenvalue weighted by atomic mass is 9.90. The van der Waals surface area contributed by atoms with Crippen molar-refractivity contribution in [2.45, 2.75) is 29.9 Å². The number of ether oxygens (including phenoxy) is 1. The Balaban J connectivity index is 2.71. The van der Waals surface area contributed by atoms with Gasteiger partial charge in [0.05, 0.1) is 10.5 Å². The van der Waals surface area contributed by atoms with E-state index in [0.29, 0.717) is 6.42 Å². The van der Waals surface area contributed by atoms with Crippen molar-refractivity contribution >= 4 is 39.3 Å². The fourth-order valence-corrected chi connectivity index (χ4v) is 2.19. The number of cyclic esters (lactones) is 1. The quantitative estimate of drug-likeness (QED) is 0.545. The molecule has 0 saturated carbocycles. The fraction of sp³-hybridized carbons (Fsp3) is 0.357. The summed E-state index contributed by atoms with van der Waals surface area (Å²) >= 11 is 8.93. The van der Waals surface area contributed by atoms with Gasteiger partial charge in [-0.25, -0.2) is 4.79 Å². The molecule has 1 aromatic carbocycles. The maximum atomic E-state index is 13.7. The molecule has 22 heavy (non-hydrogen) atoms. The predicted octanol–water partition coefficient (Wildman–Crippen LogP) is 4.84. The number of alkyl halides is 4. The van der Waals surface area contributed by atoms with Crippen LogP contribution in [0.15, 0.2) is 18.2 Å². The van der Waals surface area contributed by atoms with E-state index in [2.05, 4.69) is 37.8 Å². The number of hydrogen-bond acceptors (Lipinski definition) is 2. The molecule has 0 aliphatic carbocycles. The summed E-state index contributed by atoms with van der Waals surface area (Å²) in [5.41, 5.74) is -3.41. The third kappa shape index (κ3) is 3.03. The van der Waals surface area contributed by atoms with E-state index >= 15 is 0 Å². The molecule has 1 aliphatic heterocycles. The highest BCUT2D eigenvalue weighted by Crippen LogP contribution is 2.47. The van der Waals surface area contributed by atoms with Gasteiger partial charge in [-0.05, 0) is 30.5 Å². The number of amides is 1. The molecule has 3 nitrogen and oxygen atoms in total. The normalized spacial score (nSPS) is 21.8. The van der Waals surface area contributed by atoms with Crippen LogP contribution in [0.2, 0.25) is 5.02 Å². The molecule has 1 heterocycles. The predicted molar refractivity (Wildman–Crippen MR) is 80.1 cm³/mol. The molecular weight excluding hydrogens is 387 g/mol. The Labute approximate surface area is 138 Å². The molecule has 0 aromatic heterocycles. The van der Waals surface area contributed by atoms with E-state index in [1.165, 1.54) is 12.1 Å². The van der Waals surface area contributed by atoms with Gasteiger partial charge < -0.3 is 4.74 Å². The van der Waals surface area contributed by atoms with Crippen LogP contribution < -0.4 is 5.32 Å².